The Bertz CT molecular complexity index is 1010. The van der Waals surface area contributed by atoms with Crippen LogP contribution < -0.4 is 5.32 Å². The molecular weight excluding hydrogens is 400 g/mol. The second-order valence-corrected chi connectivity index (χ2v) is 7.89. The third-order valence-electron chi connectivity index (χ3n) is 5.04. The van der Waals surface area contributed by atoms with E-state index in [0.29, 0.717) is 17.8 Å². The number of dihydropyridines is 1. The number of benzene rings is 2. The molecule has 0 aromatic heterocycles. The van der Waals surface area contributed by atoms with Gasteiger partial charge in [0.2, 0.25) is 0 Å². The number of nitrogens with one attached hydrogen (secondary N) is 1. The van der Waals surface area contributed by atoms with E-state index in [4.69, 9.17) is 4.74 Å². The molecule has 0 saturated heterocycles. The maximum atomic E-state index is 12.6. The van der Waals surface area contributed by atoms with Gasteiger partial charge >= 0.3 is 5.97 Å². The molecule has 6 nitrogen and oxygen atoms in total. The number of methoxy groups -OCH3 is 1. The van der Waals surface area contributed by atoms with Crippen molar-refractivity contribution in [3.05, 3.63) is 98.5 Å². The second kappa shape index (κ2) is 9.63. The maximum absolute atomic E-state index is 12.6. The number of hydrogen-bond acceptors (Lipinski definition) is 6. The van der Waals surface area contributed by atoms with Gasteiger partial charge in [-0.3, -0.25) is 10.1 Å². The molecule has 30 heavy (non-hydrogen) atoms. The highest BCUT2D eigenvalue weighted by molar-refractivity contribution is 7.98. The summed E-state index contributed by atoms with van der Waals surface area (Å²) >= 11 is 1.60. The van der Waals surface area contributed by atoms with Gasteiger partial charge in [-0.05, 0) is 30.5 Å². The summed E-state index contributed by atoms with van der Waals surface area (Å²) in [6, 6.07) is 17.6. The van der Waals surface area contributed by atoms with Gasteiger partial charge in [-0.15, -0.1) is 11.8 Å². The van der Waals surface area contributed by atoms with Gasteiger partial charge in [0.1, 0.15) is 5.92 Å². The smallest absolute Gasteiger partial charge is 0.336 e. The molecule has 0 bridgehead atoms. The van der Waals surface area contributed by atoms with E-state index in [9.17, 15) is 14.9 Å². The van der Waals surface area contributed by atoms with Gasteiger partial charge in [0.25, 0.3) is 5.70 Å². The van der Waals surface area contributed by atoms with Crippen LogP contribution in [0.5, 0.6) is 0 Å². The molecule has 0 saturated carbocycles. The lowest BCUT2D eigenvalue weighted by Crippen LogP contribution is -2.32. The quantitative estimate of drug-likeness (QED) is 0.291. The highest BCUT2D eigenvalue weighted by Gasteiger charge is 2.42. The lowest BCUT2D eigenvalue weighted by atomic mass is 9.83. The second-order valence-electron chi connectivity index (χ2n) is 6.87. The van der Waals surface area contributed by atoms with Gasteiger partial charge in [0.05, 0.1) is 23.3 Å². The number of hydrogen-bond donors (Lipinski definition) is 1. The van der Waals surface area contributed by atoms with Crippen molar-refractivity contribution in [2.45, 2.75) is 36.8 Å². The summed E-state index contributed by atoms with van der Waals surface area (Å²) in [4.78, 5) is 25.2. The molecule has 0 aliphatic carbocycles. The summed E-state index contributed by atoms with van der Waals surface area (Å²) in [5, 5.41) is 15.1. The highest BCUT2D eigenvalue weighted by atomic mass is 32.2. The van der Waals surface area contributed by atoms with E-state index in [2.05, 4.69) is 5.32 Å². The maximum Gasteiger partial charge on any atom is 0.336 e. The molecule has 0 fully saturated rings. The molecule has 1 heterocycles. The summed E-state index contributed by atoms with van der Waals surface area (Å²) in [6.45, 7) is 3.61. The molecule has 2 aromatic carbocycles. The molecule has 1 aliphatic rings. The molecule has 156 valence electrons. The highest BCUT2D eigenvalue weighted by Crippen LogP contribution is 2.43. The molecule has 0 spiro atoms. The first kappa shape index (κ1) is 21.6. The van der Waals surface area contributed by atoms with Crippen LogP contribution >= 0.6 is 11.8 Å². The van der Waals surface area contributed by atoms with Crippen LogP contribution in [0.1, 0.15) is 37.3 Å². The van der Waals surface area contributed by atoms with Gasteiger partial charge in [-0.25, -0.2) is 4.79 Å². The van der Waals surface area contributed by atoms with Gasteiger partial charge in [-0.2, -0.15) is 0 Å². The normalized spacial score (nSPS) is 16.3. The number of carbonyl (C=O) groups excluding carboxylic acids is 1. The Kier molecular flexibility index (Phi) is 6.95. The lowest BCUT2D eigenvalue weighted by Gasteiger charge is -2.28. The molecule has 2 aromatic rings. The average molecular weight is 425 g/mol. The Labute approximate surface area is 180 Å². The van der Waals surface area contributed by atoms with Gasteiger partial charge < -0.3 is 10.1 Å². The summed E-state index contributed by atoms with van der Waals surface area (Å²) in [7, 11) is 1.29. The number of rotatable bonds is 7. The van der Waals surface area contributed by atoms with Crippen molar-refractivity contribution < 1.29 is 14.5 Å². The van der Waals surface area contributed by atoms with Crippen LogP contribution in [-0.4, -0.2) is 18.0 Å². The Morgan fingerprint density at radius 3 is 2.47 bits per heavy atom. The Hall–Kier alpha value is -3.06. The third-order valence-corrected chi connectivity index (χ3v) is 6.20. The van der Waals surface area contributed by atoms with Crippen molar-refractivity contribution in [3.63, 3.8) is 0 Å². The van der Waals surface area contributed by atoms with Gasteiger partial charge in [0.15, 0.2) is 0 Å². The summed E-state index contributed by atoms with van der Waals surface area (Å²) in [6.07, 6.45) is 0.456. The minimum absolute atomic E-state index is 0.00346. The van der Waals surface area contributed by atoms with Crippen molar-refractivity contribution in [2.24, 2.45) is 0 Å². The largest absolute Gasteiger partial charge is 0.466 e. The minimum Gasteiger partial charge on any atom is -0.466 e. The Balaban J connectivity index is 2.11. The zero-order valence-corrected chi connectivity index (χ0v) is 18.0. The number of ether oxygens (including phenoxy) is 1. The zero-order chi connectivity index (χ0) is 21.7. The predicted octanol–water partition coefficient (Wildman–Crippen LogP) is 5.01. The van der Waals surface area contributed by atoms with Crippen molar-refractivity contribution in [3.8, 4) is 0 Å². The fourth-order valence-electron chi connectivity index (χ4n) is 3.64. The first-order valence-corrected chi connectivity index (χ1v) is 10.7. The molecule has 1 N–H and O–H groups in total. The predicted molar refractivity (Wildman–Crippen MR) is 117 cm³/mol. The molecule has 1 atom stereocenters. The SMILES string of the molecule is CCC1=C([N+](=O)[O-])C(c2ccccc2SCc2ccccc2)C(C(=O)OC)=C(C)N1. The number of esters is 1. The Morgan fingerprint density at radius 2 is 1.83 bits per heavy atom. The lowest BCUT2D eigenvalue weighted by molar-refractivity contribution is -0.431. The van der Waals surface area contributed by atoms with Crippen LogP contribution in [0, 0.1) is 10.1 Å². The van der Waals surface area contributed by atoms with Gasteiger partial charge in [0, 0.05) is 16.3 Å². The molecule has 1 unspecified atom stereocenters. The van der Waals surface area contributed by atoms with Crippen LogP contribution in [-0.2, 0) is 15.3 Å². The van der Waals surface area contributed by atoms with E-state index >= 15 is 0 Å². The van der Waals surface area contributed by atoms with E-state index in [1.54, 1.807) is 18.7 Å². The van der Waals surface area contributed by atoms with Crippen LogP contribution in [0.25, 0.3) is 0 Å². The van der Waals surface area contributed by atoms with Gasteiger partial charge in [-0.1, -0.05) is 55.5 Å². The van der Waals surface area contributed by atoms with Crippen LogP contribution in [0.3, 0.4) is 0 Å². The topological polar surface area (TPSA) is 81.5 Å². The molecular formula is C23H24N2O4S. The Morgan fingerprint density at radius 1 is 1.17 bits per heavy atom. The van der Waals surface area contributed by atoms with Crippen molar-refractivity contribution in [2.75, 3.05) is 7.11 Å². The summed E-state index contributed by atoms with van der Waals surface area (Å²) in [5.74, 6) is -0.650. The standard InChI is InChI=1S/C23H24N2O4S/c1-4-18-22(25(27)28)21(20(15(2)24-18)23(26)29-3)17-12-8-9-13-19(17)30-14-16-10-6-5-7-11-16/h5-13,21,24H,4,14H2,1-3H3. The number of thioether (sulfide) groups is 1. The molecule has 3 rings (SSSR count). The van der Waals surface area contributed by atoms with E-state index in [1.165, 1.54) is 7.11 Å². The van der Waals surface area contributed by atoms with E-state index < -0.39 is 11.9 Å². The van der Waals surface area contributed by atoms with E-state index in [-0.39, 0.29) is 16.2 Å². The number of nitro groups is 1. The first-order chi connectivity index (χ1) is 14.5. The number of nitrogens with zero attached hydrogens (tertiary/aromatic N) is 1. The number of allylic oxidation sites excluding steroid dienone is 3. The van der Waals surface area contributed by atoms with E-state index in [0.717, 1.165) is 21.8 Å². The van der Waals surface area contributed by atoms with Crippen LogP contribution in [0.2, 0.25) is 0 Å². The van der Waals surface area contributed by atoms with E-state index in [1.807, 2.05) is 61.5 Å². The summed E-state index contributed by atoms with van der Waals surface area (Å²) in [5.41, 5.74) is 3.25. The zero-order valence-electron chi connectivity index (χ0n) is 17.2. The van der Waals surface area contributed by atoms with Crippen molar-refractivity contribution in [1.29, 1.82) is 0 Å². The van der Waals surface area contributed by atoms with Crippen LogP contribution in [0.15, 0.2) is 82.2 Å². The molecule has 0 radical (unpaired) electrons. The van der Waals surface area contributed by atoms with Crippen LogP contribution in [0.4, 0.5) is 0 Å². The molecule has 0 amide bonds. The summed E-state index contributed by atoms with van der Waals surface area (Å²) < 4.78 is 4.99. The first-order valence-electron chi connectivity index (χ1n) is 9.67. The fraction of sp³-hybridized carbons (Fsp3) is 0.261. The molecule has 1 aliphatic heterocycles. The van der Waals surface area contributed by atoms with Crippen molar-refractivity contribution in [1.82, 2.24) is 5.32 Å². The molecule has 7 heteroatoms. The monoisotopic (exact) mass is 424 g/mol. The average Bonchev–Trinajstić information content (AvgIpc) is 2.77. The fourth-order valence-corrected chi connectivity index (χ4v) is 4.68. The minimum atomic E-state index is -0.803. The third kappa shape index (κ3) is 4.41. The number of carbonyl (C=O) groups is 1. The van der Waals surface area contributed by atoms with Crippen molar-refractivity contribution >= 4 is 17.7 Å².